The van der Waals surface area contributed by atoms with E-state index in [1.54, 1.807) is 19.4 Å². The van der Waals surface area contributed by atoms with E-state index < -0.39 is 0 Å². The predicted molar refractivity (Wildman–Crippen MR) is 136 cm³/mol. The zero-order valence-electron chi connectivity index (χ0n) is 20.0. The third-order valence-corrected chi connectivity index (χ3v) is 7.55. The lowest BCUT2D eigenvalue weighted by Gasteiger charge is -2.27. The molecule has 4 aromatic rings. The Bertz CT molecular complexity index is 1520. The number of nitrogens with zero attached hydrogens (tertiary/aromatic N) is 5. The van der Waals surface area contributed by atoms with Crippen molar-refractivity contribution in [3.63, 3.8) is 0 Å². The number of piperidine rings is 1. The Labute approximate surface area is 207 Å². The largest absolute Gasteiger partial charge is 0.481 e. The van der Waals surface area contributed by atoms with Crippen LogP contribution in [0.15, 0.2) is 47.1 Å². The molecule has 10 heteroatoms. The van der Waals surface area contributed by atoms with Gasteiger partial charge in [-0.15, -0.1) is 0 Å². The van der Waals surface area contributed by atoms with Crippen LogP contribution in [0.25, 0.3) is 10.9 Å². The zero-order chi connectivity index (χ0) is 25.0. The van der Waals surface area contributed by atoms with Gasteiger partial charge in [0, 0.05) is 42.4 Å². The summed E-state index contributed by atoms with van der Waals surface area (Å²) in [5, 5.41) is 22.0. The summed E-state index contributed by atoms with van der Waals surface area (Å²) in [6, 6.07) is 11.2. The number of methoxy groups -OCH3 is 1. The van der Waals surface area contributed by atoms with Crippen LogP contribution >= 0.6 is 0 Å². The van der Waals surface area contributed by atoms with Crippen LogP contribution in [0, 0.1) is 29.6 Å². The summed E-state index contributed by atoms with van der Waals surface area (Å²) in [6.07, 6.45) is 4.13. The molecule has 6 rings (SSSR count). The molecule has 36 heavy (non-hydrogen) atoms. The highest BCUT2D eigenvalue weighted by Crippen LogP contribution is 2.62. The minimum Gasteiger partial charge on any atom is -0.481 e. The quantitative estimate of drug-likeness (QED) is 0.354. The number of anilines is 2. The molecule has 1 aliphatic carbocycles. The van der Waals surface area contributed by atoms with E-state index in [2.05, 4.69) is 25.0 Å². The van der Waals surface area contributed by atoms with Crippen molar-refractivity contribution in [2.24, 2.45) is 11.8 Å². The van der Waals surface area contributed by atoms with Gasteiger partial charge >= 0.3 is 0 Å². The fraction of sp³-hybridized carbons (Fsp3) is 0.308. The van der Waals surface area contributed by atoms with Crippen molar-refractivity contribution in [3.05, 3.63) is 65.3 Å². The minimum absolute atomic E-state index is 0.203. The Kier molecular flexibility index (Phi) is 4.99. The van der Waals surface area contributed by atoms with Crippen LogP contribution in [0.2, 0.25) is 0 Å². The van der Waals surface area contributed by atoms with Gasteiger partial charge in [-0.2, -0.15) is 0 Å². The molecule has 1 aromatic carbocycles. The van der Waals surface area contributed by atoms with E-state index in [0.29, 0.717) is 28.9 Å². The average Bonchev–Trinajstić information content (AvgIpc) is 3.36. The number of hydrogen-bond donors (Lipinski definition) is 3. The molecule has 0 amide bonds. The first-order chi connectivity index (χ1) is 17.4. The maximum Gasteiger partial charge on any atom is 0.213 e. The lowest BCUT2D eigenvalue weighted by molar-refractivity contribution is 0.386. The first kappa shape index (κ1) is 22.1. The van der Waals surface area contributed by atoms with E-state index in [-0.39, 0.29) is 22.9 Å². The smallest absolute Gasteiger partial charge is 0.213 e. The number of aromatic nitrogens is 4. The summed E-state index contributed by atoms with van der Waals surface area (Å²) >= 11 is 0. The zero-order valence-corrected chi connectivity index (χ0v) is 20.0. The van der Waals surface area contributed by atoms with Crippen molar-refractivity contribution in [1.82, 2.24) is 20.1 Å². The second-order valence-corrected chi connectivity index (χ2v) is 9.45. The van der Waals surface area contributed by atoms with Crippen LogP contribution in [0.3, 0.4) is 0 Å². The molecule has 4 N–H and O–H groups in total. The molecule has 10 nitrogen and oxygen atoms in total. The molecule has 2 fully saturated rings. The van der Waals surface area contributed by atoms with E-state index in [1.807, 2.05) is 37.3 Å². The summed E-state index contributed by atoms with van der Waals surface area (Å²) in [7, 11) is 1.58. The van der Waals surface area contributed by atoms with Crippen LogP contribution in [-0.2, 0) is 5.41 Å². The second-order valence-electron chi connectivity index (χ2n) is 9.45. The summed E-state index contributed by atoms with van der Waals surface area (Å²) < 4.78 is 10.5. The molecule has 1 saturated carbocycles. The highest BCUT2D eigenvalue weighted by Gasteiger charge is 2.67. The molecule has 0 spiro atoms. The second kappa shape index (κ2) is 8.11. The number of rotatable bonds is 6. The molecular formula is C26H26N8O2. The molecule has 2 aliphatic rings. The molecule has 1 aliphatic heterocycles. The van der Waals surface area contributed by atoms with Crippen molar-refractivity contribution in [2.75, 3.05) is 30.8 Å². The van der Waals surface area contributed by atoms with Crippen molar-refractivity contribution >= 4 is 34.5 Å². The first-order valence-corrected chi connectivity index (χ1v) is 11.8. The molecular weight excluding hydrogens is 456 g/mol. The number of hydrogen-bond acceptors (Lipinski definition) is 10. The maximum absolute atomic E-state index is 8.71. The molecule has 0 bridgehead atoms. The van der Waals surface area contributed by atoms with Gasteiger partial charge in [0.2, 0.25) is 5.88 Å². The van der Waals surface area contributed by atoms with Crippen LogP contribution in [0.4, 0.5) is 11.6 Å². The van der Waals surface area contributed by atoms with E-state index >= 15 is 0 Å². The minimum atomic E-state index is -0.373. The fourth-order valence-electron chi connectivity index (χ4n) is 5.60. The van der Waals surface area contributed by atoms with E-state index in [0.717, 1.165) is 41.9 Å². The number of aryl methyl sites for hydroxylation is 1. The number of nitrogen functional groups attached to an aromatic ring is 1. The standard InChI is InChI=1S/C26H26N8O2/c1-14-9-20(33-36-14)26(13-27)17-7-8-34(12-18(17)26)21-11-30-24(25(29)32-21)23(28)16-3-5-19-15(10-16)4-6-22(31-19)35-2/h3-6,9-11,13,17-18,27-28H,7-8,12H2,1-2H3,(H2,29,32)/t17-,18+,26+/m1/s1. The van der Waals surface area contributed by atoms with E-state index in [9.17, 15) is 0 Å². The normalized spacial score (nSPS) is 22.8. The Morgan fingerprint density at radius 1 is 1.22 bits per heavy atom. The maximum atomic E-state index is 8.71. The SMILES string of the molecule is COc1ccc2cc(C(=N)c3ncc(N4CC[C@@H]5[C@H](C4)[C@@]5(C=N)c4cc(C)on4)nc3N)ccc2n1. The van der Waals surface area contributed by atoms with Crippen LogP contribution in [0.1, 0.15) is 29.1 Å². The monoisotopic (exact) mass is 482 g/mol. The summed E-state index contributed by atoms with van der Waals surface area (Å²) in [6.45, 7) is 3.40. The van der Waals surface area contributed by atoms with Gasteiger partial charge in [0.05, 0.1) is 35.6 Å². The third-order valence-electron chi connectivity index (χ3n) is 7.55. The third kappa shape index (κ3) is 3.32. The molecule has 3 aromatic heterocycles. The Balaban J connectivity index is 1.22. The van der Waals surface area contributed by atoms with Crippen molar-refractivity contribution in [3.8, 4) is 5.88 Å². The molecule has 4 heterocycles. The predicted octanol–water partition coefficient (Wildman–Crippen LogP) is 3.37. The Morgan fingerprint density at radius 2 is 2.08 bits per heavy atom. The number of nitrogens with one attached hydrogen (secondary N) is 2. The molecule has 1 saturated heterocycles. The van der Waals surface area contributed by atoms with Crippen molar-refractivity contribution in [1.29, 1.82) is 10.8 Å². The first-order valence-electron chi connectivity index (χ1n) is 11.8. The topological polar surface area (TPSA) is 151 Å². The fourth-order valence-corrected chi connectivity index (χ4v) is 5.60. The number of nitrogens with two attached hydrogens (primary N) is 1. The van der Waals surface area contributed by atoms with E-state index in [1.165, 1.54) is 6.21 Å². The van der Waals surface area contributed by atoms with Gasteiger partial charge in [0.15, 0.2) is 5.82 Å². The summed E-state index contributed by atoms with van der Waals surface area (Å²) in [5.74, 6) is 2.83. The molecule has 0 unspecified atom stereocenters. The summed E-state index contributed by atoms with van der Waals surface area (Å²) in [4.78, 5) is 15.7. The number of benzene rings is 1. The Hall–Kier alpha value is -4.34. The van der Waals surface area contributed by atoms with Gasteiger partial charge in [-0.1, -0.05) is 11.2 Å². The number of pyridine rings is 1. The lowest BCUT2D eigenvalue weighted by atomic mass is 9.98. The van der Waals surface area contributed by atoms with Crippen LogP contribution < -0.4 is 15.4 Å². The van der Waals surface area contributed by atoms with Crippen molar-refractivity contribution in [2.45, 2.75) is 18.8 Å². The number of ether oxygens (including phenoxy) is 1. The van der Waals surface area contributed by atoms with Crippen molar-refractivity contribution < 1.29 is 9.26 Å². The van der Waals surface area contributed by atoms with Gasteiger partial charge in [-0.05, 0) is 43.4 Å². The molecule has 0 radical (unpaired) electrons. The van der Waals surface area contributed by atoms with Gasteiger partial charge in [0.1, 0.15) is 17.3 Å². The summed E-state index contributed by atoms with van der Waals surface area (Å²) in [5.41, 5.74) is 8.78. The lowest BCUT2D eigenvalue weighted by Crippen LogP contribution is -2.32. The van der Waals surface area contributed by atoms with Gasteiger partial charge in [-0.25, -0.2) is 15.0 Å². The molecule has 3 atom stereocenters. The molecule has 182 valence electrons. The van der Waals surface area contributed by atoms with Gasteiger partial charge in [-0.3, -0.25) is 5.41 Å². The highest BCUT2D eigenvalue weighted by molar-refractivity contribution is 6.13. The van der Waals surface area contributed by atoms with Crippen LogP contribution in [-0.4, -0.2) is 52.2 Å². The van der Waals surface area contributed by atoms with Gasteiger partial charge in [0.25, 0.3) is 0 Å². The van der Waals surface area contributed by atoms with Crippen LogP contribution in [0.5, 0.6) is 5.88 Å². The Morgan fingerprint density at radius 3 is 2.81 bits per heavy atom. The number of fused-ring (bicyclic) bond motifs is 2. The van der Waals surface area contributed by atoms with Gasteiger partial charge < -0.3 is 25.3 Å². The van der Waals surface area contributed by atoms with E-state index in [4.69, 9.17) is 25.8 Å². The highest BCUT2D eigenvalue weighted by atomic mass is 16.5. The average molecular weight is 483 g/mol.